The Morgan fingerprint density at radius 1 is 1.11 bits per heavy atom. The van der Waals surface area contributed by atoms with E-state index in [0.29, 0.717) is 25.7 Å². The fourth-order valence-corrected chi connectivity index (χ4v) is 6.14. The predicted molar refractivity (Wildman–Crippen MR) is 121 cm³/mol. The Labute approximate surface area is 202 Å². The summed E-state index contributed by atoms with van der Waals surface area (Å²) in [5.74, 6) is -3.04. The minimum absolute atomic E-state index is 0.194. The van der Waals surface area contributed by atoms with E-state index in [0.717, 1.165) is 17.7 Å². The van der Waals surface area contributed by atoms with Crippen molar-refractivity contribution in [3.63, 3.8) is 0 Å². The van der Waals surface area contributed by atoms with E-state index in [-0.39, 0.29) is 31.6 Å². The third kappa shape index (κ3) is 5.49. The second kappa shape index (κ2) is 9.59. The number of ketones is 1. The molecule has 192 valence electrons. The van der Waals surface area contributed by atoms with Crippen LogP contribution in [0.2, 0.25) is 0 Å². The molecule has 13 heteroatoms. The van der Waals surface area contributed by atoms with Crippen LogP contribution in [0, 0.1) is 5.92 Å². The number of Topliss-reactive ketones (excluding diaryl/α,β-unsaturated/α-hetero) is 1. The Hall–Kier alpha value is -2.96. The molecule has 4 atom stereocenters. The van der Waals surface area contributed by atoms with E-state index < -0.39 is 62.6 Å². The second-order valence-corrected chi connectivity index (χ2v) is 11.7. The number of carbonyl (C=O) groups is 5. The number of amides is 4. The molecule has 1 saturated heterocycles. The van der Waals surface area contributed by atoms with Gasteiger partial charge in [0.05, 0.1) is 11.8 Å². The average molecular weight is 511 g/mol. The van der Waals surface area contributed by atoms with Crippen LogP contribution in [0.25, 0.3) is 0 Å². The number of fused-ring (bicyclic) bond motifs is 2. The minimum atomic E-state index is -3.84. The van der Waals surface area contributed by atoms with Gasteiger partial charge >= 0.3 is 6.09 Å². The van der Waals surface area contributed by atoms with Gasteiger partial charge in [-0.05, 0) is 38.5 Å². The number of rotatable bonds is 4. The molecule has 3 fully saturated rings. The first kappa shape index (κ1) is 25.1. The van der Waals surface area contributed by atoms with Crippen molar-refractivity contribution in [3.8, 4) is 0 Å². The summed E-state index contributed by atoms with van der Waals surface area (Å²) < 4.78 is 26.8. The lowest BCUT2D eigenvalue weighted by atomic mass is 10.1. The molecule has 0 aromatic rings. The number of hydrogen-bond acceptors (Lipinski definition) is 7. The van der Waals surface area contributed by atoms with E-state index in [1.165, 1.54) is 0 Å². The van der Waals surface area contributed by atoms with E-state index in [4.69, 9.17) is 0 Å². The highest BCUT2D eigenvalue weighted by atomic mass is 32.2. The van der Waals surface area contributed by atoms with E-state index in [1.807, 2.05) is 6.08 Å². The maximum atomic E-state index is 13.3. The van der Waals surface area contributed by atoms with Crippen molar-refractivity contribution < 1.29 is 37.5 Å². The highest BCUT2D eigenvalue weighted by molar-refractivity contribution is 7.91. The third-order valence-electron chi connectivity index (χ3n) is 7.02. The Bertz CT molecular complexity index is 1070. The number of nitrogens with one attached hydrogen (secondary N) is 3. The molecular formula is C22H30N4O8S. The van der Waals surface area contributed by atoms with Gasteiger partial charge in [-0.1, -0.05) is 25.0 Å². The van der Waals surface area contributed by atoms with Gasteiger partial charge in [0.15, 0.2) is 5.78 Å². The van der Waals surface area contributed by atoms with Crippen LogP contribution >= 0.6 is 0 Å². The fraction of sp³-hybridized carbons (Fsp3) is 0.682. The van der Waals surface area contributed by atoms with E-state index in [9.17, 15) is 37.5 Å². The second-order valence-electron chi connectivity index (χ2n) is 9.74. The molecule has 2 aliphatic carbocycles. The Balaban J connectivity index is 1.59. The van der Waals surface area contributed by atoms with Crippen LogP contribution < -0.4 is 15.4 Å². The van der Waals surface area contributed by atoms with Crippen molar-refractivity contribution >= 4 is 39.6 Å². The summed E-state index contributed by atoms with van der Waals surface area (Å²) in [7, 11) is -3.84. The molecule has 2 saturated carbocycles. The molecule has 0 aromatic carbocycles. The molecule has 12 nitrogen and oxygen atoms in total. The van der Waals surface area contributed by atoms with Crippen LogP contribution in [0.3, 0.4) is 0 Å². The van der Waals surface area contributed by atoms with Crippen LogP contribution in [-0.2, 0) is 29.2 Å². The first-order valence-corrected chi connectivity index (χ1v) is 13.4. The molecule has 2 heterocycles. The zero-order chi connectivity index (χ0) is 25.4. The molecule has 4 rings (SSSR count). The van der Waals surface area contributed by atoms with Gasteiger partial charge in [-0.25, -0.2) is 13.2 Å². The summed E-state index contributed by atoms with van der Waals surface area (Å²) in [6, 6.07) is -2.32. The van der Waals surface area contributed by atoms with Crippen molar-refractivity contribution in [1.82, 2.24) is 20.3 Å². The van der Waals surface area contributed by atoms with Crippen LogP contribution in [-0.4, -0.2) is 77.4 Å². The van der Waals surface area contributed by atoms with E-state index in [2.05, 4.69) is 15.4 Å². The van der Waals surface area contributed by atoms with Gasteiger partial charge in [-0.15, -0.1) is 0 Å². The van der Waals surface area contributed by atoms with Gasteiger partial charge in [-0.2, -0.15) is 0 Å². The molecule has 4 N–H and O–H groups in total. The topological polar surface area (TPSA) is 179 Å². The minimum Gasteiger partial charge on any atom is -0.465 e. The molecule has 0 bridgehead atoms. The zero-order valence-corrected chi connectivity index (χ0v) is 20.0. The first-order chi connectivity index (χ1) is 16.5. The van der Waals surface area contributed by atoms with Crippen LogP contribution in [0.15, 0.2) is 12.2 Å². The molecule has 35 heavy (non-hydrogen) atoms. The molecular weight excluding hydrogens is 480 g/mol. The largest absolute Gasteiger partial charge is 0.465 e. The summed E-state index contributed by atoms with van der Waals surface area (Å²) in [6.07, 6.45) is 6.12. The molecule has 0 radical (unpaired) electrons. The lowest BCUT2D eigenvalue weighted by Gasteiger charge is -2.29. The quantitative estimate of drug-likeness (QED) is 0.375. The molecule has 0 aromatic heterocycles. The molecule has 0 unspecified atom stereocenters. The SMILES string of the molecule is O=C1C[C@H]2C(=O)N[C@]3(C(=O)NS(=O)(=O)C4CC4)C[C@H]3/C=C\CCCCC[C@H](NC(=O)O)C(=O)N2C1. The average Bonchev–Trinajstić information content (AvgIpc) is 3.69. The lowest BCUT2D eigenvalue weighted by Crippen LogP contribution is -2.58. The van der Waals surface area contributed by atoms with Gasteiger partial charge in [0, 0.05) is 12.3 Å². The number of carboxylic acid groups (broad SMARTS) is 1. The first-order valence-electron chi connectivity index (χ1n) is 11.9. The van der Waals surface area contributed by atoms with E-state index in [1.54, 1.807) is 6.08 Å². The summed E-state index contributed by atoms with van der Waals surface area (Å²) in [5.41, 5.74) is -1.49. The van der Waals surface area contributed by atoms with E-state index >= 15 is 0 Å². The van der Waals surface area contributed by atoms with Crippen LogP contribution in [0.1, 0.15) is 57.8 Å². The summed E-state index contributed by atoms with van der Waals surface area (Å²) in [4.78, 5) is 64.0. The van der Waals surface area contributed by atoms with Gasteiger partial charge in [-0.3, -0.25) is 23.9 Å². The number of nitrogens with zero attached hydrogens (tertiary/aromatic N) is 1. The van der Waals surface area contributed by atoms with Gasteiger partial charge in [0.2, 0.25) is 21.8 Å². The van der Waals surface area contributed by atoms with Crippen molar-refractivity contribution in [2.45, 2.75) is 80.7 Å². The summed E-state index contributed by atoms with van der Waals surface area (Å²) in [6.45, 7) is -0.340. The standard InChI is InChI=1S/C22H30N4O8S/c27-14-10-17-18(28)24-22(20(30)25-35(33,34)15-8-9-15)11-13(22)6-4-2-1-3-5-7-16(23-21(31)32)19(29)26(17)12-14/h4,6,13,15-17,23H,1-3,5,7-12H2,(H,24,28)(H,25,30)(H,31,32)/b6-4-/t13-,16+,17+,22-/m1/s1. The highest BCUT2D eigenvalue weighted by Gasteiger charge is 2.62. The maximum absolute atomic E-state index is 13.3. The summed E-state index contributed by atoms with van der Waals surface area (Å²) in [5, 5.41) is 13.4. The molecule has 2 aliphatic heterocycles. The maximum Gasteiger partial charge on any atom is 0.405 e. The fourth-order valence-electron chi connectivity index (χ4n) is 4.78. The van der Waals surface area contributed by atoms with Crippen molar-refractivity contribution in [3.05, 3.63) is 12.2 Å². The number of hydrogen-bond donors (Lipinski definition) is 4. The predicted octanol–water partition coefficient (Wildman–Crippen LogP) is -0.204. The Morgan fingerprint density at radius 2 is 1.86 bits per heavy atom. The number of carbonyl (C=O) groups excluding carboxylic acids is 4. The highest BCUT2D eigenvalue weighted by Crippen LogP contribution is 2.46. The van der Waals surface area contributed by atoms with Gasteiger partial charge in [0.25, 0.3) is 5.91 Å². The smallest absolute Gasteiger partial charge is 0.405 e. The normalized spacial score (nSPS) is 32.9. The monoisotopic (exact) mass is 510 g/mol. The van der Waals surface area contributed by atoms with Crippen LogP contribution in [0.4, 0.5) is 4.79 Å². The van der Waals surface area contributed by atoms with Crippen molar-refractivity contribution in [2.75, 3.05) is 6.54 Å². The number of allylic oxidation sites excluding steroid dienone is 1. The molecule has 0 spiro atoms. The third-order valence-corrected chi connectivity index (χ3v) is 8.84. The number of sulfonamides is 1. The lowest BCUT2D eigenvalue weighted by molar-refractivity contribution is -0.141. The molecule has 4 aliphatic rings. The Morgan fingerprint density at radius 3 is 2.54 bits per heavy atom. The van der Waals surface area contributed by atoms with Crippen molar-refractivity contribution in [1.29, 1.82) is 0 Å². The Kier molecular flexibility index (Phi) is 6.89. The van der Waals surface area contributed by atoms with Crippen molar-refractivity contribution in [2.24, 2.45) is 5.92 Å². The van der Waals surface area contributed by atoms with Crippen LogP contribution in [0.5, 0.6) is 0 Å². The van der Waals surface area contributed by atoms with Gasteiger partial charge in [0.1, 0.15) is 17.6 Å². The summed E-state index contributed by atoms with van der Waals surface area (Å²) >= 11 is 0. The van der Waals surface area contributed by atoms with Gasteiger partial charge < -0.3 is 20.6 Å². The zero-order valence-electron chi connectivity index (χ0n) is 19.2. The molecule has 4 amide bonds.